The van der Waals surface area contributed by atoms with Crippen molar-refractivity contribution in [3.63, 3.8) is 0 Å². The van der Waals surface area contributed by atoms with Crippen LogP contribution in [-0.4, -0.2) is 42.3 Å². The van der Waals surface area contributed by atoms with Crippen molar-refractivity contribution < 1.29 is 18.8 Å². The quantitative estimate of drug-likeness (QED) is 0.541. The molecule has 2 aromatic rings. The lowest BCUT2D eigenvalue weighted by atomic mass is 10.2. The molecule has 0 spiro atoms. The Bertz CT molecular complexity index is 833. The van der Waals surface area contributed by atoms with Crippen LogP contribution in [-0.2, 0) is 9.59 Å². The Hall–Kier alpha value is -2.58. The zero-order valence-electron chi connectivity index (χ0n) is 14.8. The Balaban J connectivity index is 1.57. The largest absolute Gasteiger partial charge is 0.354 e. The zero-order chi connectivity index (χ0) is 20.4. The van der Waals surface area contributed by atoms with Crippen LogP contribution >= 0.6 is 23.4 Å². The number of benzene rings is 2. The van der Waals surface area contributed by atoms with Gasteiger partial charge in [-0.1, -0.05) is 23.7 Å². The maximum atomic E-state index is 12.8. The molecule has 0 aromatic heterocycles. The fraction of sp³-hybridized carbons (Fsp3) is 0.211. The second-order valence-corrected chi connectivity index (χ2v) is 7.03. The average molecular weight is 424 g/mol. The van der Waals surface area contributed by atoms with Crippen molar-refractivity contribution in [3.05, 3.63) is 64.9 Å². The lowest BCUT2D eigenvalue weighted by Crippen LogP contribution is -2.35. The SMILES string of the molecule is O=C(CSCC(=O)Nc1ccc(F)cc1)NCCNC(=O)c1ccccc1Cl. The highest BCUT2D eigenvalue weighted by Gasteiger charge is 2.09. The fourth-order valence-electron chi connectivity index (χ4n) is 2.14. The number of thioether (sulfide) groups is 1. The lowest BCUT2D eigenvalue weighted by Gasteiger charge is -2.08. The van der Waals surface area contributed by atoms with E-state index in [1.54, 1.807) is 24.3 Å². The molecule has 0 unspecified atom stereocenters. The molecule has 0 radical (unpaired) electrons. The molecule has 0 aliphatic heterocycles. The highest BCUT2D eigenvalue weighted by Crippen LogP contribution is 2.14. The van der Waals surface area contributed by atoms with Crippen LogP contribution in [0.15, 0.2) is 48.5 Å². The van der Waals surface area contributed by atoms with Gasteiger partial charge in [-0.05, 0) is 36.4 Å². The molecule has 0 saturated heterocycles. The molecule has 148 valence electrons. The van der Waals surface area contributed by atoms with Crippen molar-refractivity contribution in [2.75, 3.05) is 29.9 Å². The summed E-state index contributed by atoms with van der Waals surface area (Å²) in [5, 5.41) is 8.29. The van der Waals surface area contributed by atoms with Gasteiger partial charge in [0.15, 0.2) is 0 Å². The number of anilines is 1. The number of carbonyl (C=O) groups is 3. The minimum Gasteiger partial charge on any atom is -0.354 e. The third-order valence-electron chi connectivity index (χ3n) is 3.45. The summed E-state index contributed by atoms with van der Waals surface area (Å²) in [5.74, 6) is -1.02. The van der Waals surface area contributed by atoms with E-state index in [1.165, 1.54) is 24.3 Å². The molecule has 0 saturated carbocycles. The van der Waals surface area contributed by atoms with Crippen molar-refractivity contribution in [2.24, 2.45) is 0 Å². The van der Waals surface area contributed by atoms with Gasteiger partial charge >= 0.3 is 0 Å². The minimum atomic E-state index is -0.382. The van der Waals surface area contributed by atoms with Gasteiger partial charge in [-0.3, -0.25) is 14.4 Å². The van der Waals surface area contributed by atoms with Crippen molar-refractivity contribution in [2.45, 2.75) is 0 Å². The Morgan fingerprint density at radius 2 is 1.54 bits per heavy atom. The highest BCUT2D eigenvalue weighted by molar-refractivity contribution is 8.00. The third kappa shape index (κ3) is 7.58. The first kappa shape index (κ1) is 21.7. The van der Waals surface area contributed by atoms with E-state index in [1.807, 2.05) is 0 Å². The molecule has 3 N–H and O–H groups in total. The second-order valence-electron chi connectivity index (χ2n) is 5.63. The number of amides is 3. The first-order valence-corrected chi connectivity index (χ1v) is 9.91. The van der Waals surface area contributed by atoms with E-state index in [9.17, 15) is 18.8 Å². The molecular weight excluding hydrogens is 405 g/mol. The molecule has 0 fully saturated rings. The first-order chi connectivity index (χ1) is 13.5. The summed E-state index contributed by atoms with van der Waals surface area (Å²) in [6.07, 6.45) is 0. The van der Waals surface area contributed by atoms with Gasteiger partial charge in [0.05, 0.1) is 22.1 Å². The van der Waals surface area contributed by atoms with E-state index < -0.39 is 0 Å². The summed E-state index contributed by atoms with van der Waals surface area (Å²) in [6.45, 7) is 0.517. The van der Waals surface area contributed by atoms with E-state index in [4.69, 9.17) is 11.6 Å². The van der Waals surface area contributed by atoms with Crippen LogP contribution in [0.3, 0.4) is 0 Å². The summed E-state index contributed by atoms with van der Waals surface area (Å²) in [7, 11) is 0. The predicted octanol–water partition coefficient (Wildman–Crippen LogP) is 2.70. The Kier molecular flexibility index (Phi) is 8.77. The highest BCUT2D eigenvalue weighted by atomic mass is 35.5. The number of rotatable bonds is 9. The van der Waals surface area contributed by atoms with Gasteiger partial charge in [0.2, 0.25) is 11.8 Å². The average Bonchev–Trinajstić information content (AvgIpc) is 2.67. The van der Waals surface area contributed by atoms with E-state index in [2.05, 4.69) is 16.0 Å². The summed E-state index contributed by atoms with van der Waals surface area (Å²) < 4.78 is 12.8. The van der Waals surface area contributed by atoms with Crippen LogP contribution in [0.2, 0.25) is 5.02 Å². The van der Waals surface area contributed by atoms with Gasteiger partial charge in [0.1, 0.15) is 5.82 Å². The van der Waals surface area contributed by atoms with Crippen LogP contribution in [0, 0.1) is 5.82 Å². The van der Waals surface area contributed by atoms with Crippen LogP contribution in [0.25, 0.3) is 0 Å². The molecule has 3 amide bonds. The van der Waals surface area contributed by atoms with E-state index in [0.717, 1.165) is 11.8 Å². The third-order valence-corrected chi connectivity index (χ3v) is 4.71. The van der Waals surface area contributed by atoms with Crippen molar-refractivity contribution in [1.82, 2.24) is 10.6 Å². The van der Waals surface area contributed by atoms with Gasteiger partial charge in [-0.25, -0.2) is 4.39 Å². The van der Waals surface area contributed by atoms with Crippen molar-refractivity contribution in [3.8, 4) is 0 Å². The molecule has 6 nitrogen and oxygen atoms in total. The van der Waals surface area contributed by atoms with E-state index in [0.29, 0.717) is 16.3 Å². The Morgan fingerprint density at radius 3 is 2.25 bits per heavy atom. The molecule has 28 heavy (non-hydrogen) atoms. The first-order valence-electron chi connectivity index (χ1n) is 8.38. The van der Waals surface area contributed by atoms with Gasteiger partial charge in [0.25, 0.3) is 5.91 Å². The molecule has 0 atom stereocenters. The Morgan fingerprint density at radius 1 is 0.893 bits per heavy atom. The maximum absolute atomic E-state index is 12.8. The molecule has 2 rings (SSSR count). The van der Waals surface area contributed by atoms with Crippen molar-refractivity contribution in [1.29, 1.82) is 0 Å². The summed E-state index contributed by atoms with van der Waals surface area (Å²) in [6, 6.07) is 12.1. The predicted molar refractivity (Wildman–Crippen MR) is 109 cm³/mol. The smallest absolute Gasteiger partial charge is 0.252 e. The minimum absolute atomic E-state index is 0.0913. The number of hydrogen-bond donors (Lipinski definition) is 3. The number of nitrogens with one attached hydrogen (secondary N) is 3. The van der Waals surface area contributed by atoms with Gasteiger partial charge in [0, 0.05) is 18.8 Å². The standard InChI is InChI=1S/C19H19ClFN3O3S/c20-16-4-2-1-3-15(16)19(27)23-10-9-22-17(25)11-28-12-18(26)24-14-7-5-13(21)6-8-14/h1-8H,9-12H2,(H,22,25)(H,23,27)(H,24,26). The topological polar surface area (TPSA) is 87.3 Å². The zero-order valence-corrected chi connectivity index (χ0v) is 16.4. The van der Waals surface area contributed by atoms with Gasteiger partial charge in [-0.2, -0.15) is 0 Å². The summed E-state index contributed by atoms with van der Waals surface area (Å²) >= 11 is 7.09. The monoisotopic (exact) mass is 423 g/mol. The van der Waals surface area contributed by atoms with Crippen LogP contribution in [0.1, 0.15) is 10.4 Å². The molecule has 0 aliphatic carbocycles. The summed E-state index contributed by atoms with van der Waals surface area (Å²) in [5.41, 5.74) is 0.865. The fourth-order valence-corrected chi connectivity index (χ4v) is 3.00. The molecular formula is C19H19ClFN3O3S. The molecule has 9 heteroatoms. The summed E-state index contributed by atoms with van der Waals surface area (Å²) in [4.78, 5) is 35.5. The number of halogens is 2. The molecule has 0 bridgehead atoms. The normalized spacial score (nSPS) is 10.2. The Labute approximate surface area is 171 Å². The second kappa shape index (κ2) is 11.3. The van der Waals surface area contributed by atoms with E-state index >= 15 is 0 Å². The van der Waals surface area contributed by atoms with Crippen LogP contribution < -0.4 is 16.0 Å². The van der Waals surface area contributed by atoms with E-state index in [-0.39, 0.29) is 48.1 Å². The molecule has 2 aromatic carbocycles. The number of carbonyl (C=O) groups excluding carboxylic acids is 3. The maximum Gasteiger partial charge on any atom is 0.252 e. The van der Waals surface area contributed by atoms with Crippen molar-refractivity contribution >= 4 is 46.8 Å². The van der Waals surface area contributed by atoms with Crippen LogP contribution in [0.5, 0.6) is 0 Å². The molecule has 0 aliphatic rings. The van der Waals surface area contributed by atoms with Crippen LogP contribution in [0.4, 0.5) is 10.1 Å². The number of hydrogen-bond acceptors (Lipinski definition) is 4. The molecule has 0 heterocycles. The van der Waals surface area contributed by atoms with Gasteiger partial charge in [-0.15, -0.1) is 11.8 Å². The van der Waals surface area contributed by atoms with Gasteiger partial charge < -0.3 is 16.0 Å². The lowest BCUT2D eigenvalue weighted by molar-refractivity contribution is -0.118.